The first-order valence-electron chi connectivity index (χ1n) is 6.01. The summed E-state index contributed by atoms with van der Waals surface area (Å²) in [5.41, 5.74) is 0.279. The summed E-state index contributed by atoms with van der Waals surface area (Å²) in [6.45, 7) is -1.55. The summed E-state index contributed by atoms with van der Waals surface area (Å²) in [6, 6.07) is 4.03. The van der Waals surface area contributed by atoms with Gasteiger partial charge in [0.1, 0.15) is 5.82 Å². The zero-order valence-corrected chi connectivity index (χ0v) is 13.1. The Balaban J connectivity index is 2.18. The molecule has 1 aromatic heterocycles. The third-order valence-corrected chi connectivity index (χ3v) is 3.07. The van der Waals surface area contributed by atoms with Gasteiger partial charge >= 0.3 is 6.18 Å². The van der Waals surface area contributed by atoms with Crippen LogP contribution in [-0.2, 0) is 0 Å². The number of halogens is 5. The second-order valence-electron chi connectivity index (χ2n) is 4.15. The van der Waals surface area contributed by atoms with Crippen molar-refractivity contribution in [1.29, 1.82) is 0 Å². The standard InChI is InChI=1S/C12H9BrF4N4O2/c1-18-10(19-6-2-3-8(14)7(13)4-6)9-11(21-23-20-9)22-5-12(15,16)17/h2-4H,5H2,1H3,(H,18,19). The van der Waals surface area contributed by atoms with Crippen molar-refractivity contribution in [2.45, 2.75) is 6.18 Å². The lowest BCUT2D eigenvalue weighted by Crippen LogP contribution is -2.21. The Kier molecular flexibility index (Phi) is 5.19. The van der Waals surface area contributed by atoms with Crippen LogP contribution in [0.4, 0.5) is 23.2 Å². The molecule has 0 spiro atoms. The minimum absolute atomic E-state index is 0.0435. The van der Waals surface area contributed by atoms with Crippen molar-refractivity contribution in [1.82, 2.24) is 10.3 Å². The smallest absolute Gasteiger partial charge is 0.422 e. The number of ether oxygens (including phenoxy) is 1. The van der Waals surface area contributed by atoms with E-state index in [0.717, 1.165) is 0 Å². The quantitative estimate of drug-likeness (QED) is 0.487. The fraction of sp³-hybridized carbons (Fsp3) is 0.250. The van der Waals surface area contributed by atoms with Crippen molar-refractivity contribution < 1.29 is 26.9 Å². The molecule has 0 aliphatic heterocycles. The number of amidine groups is 1. The molecule has 0 aliphatic carbocycles. The molecule has 2 aromatic rings. The number of benzene rings is 1. The van der Waals surface area contributed by atoms with Gasteiger partial charge in [0.25, 0.3) is 5.88 Å². The predicted octanol–water partition coefficient (Wildman–Crippen LogP) is 3.40. The molecule has 0 bridgehead atoms. The molecule has 0 saturated carbocycles. The molecular weight excluding hydrogens is 388 g/mol. The molecule has 1 heterocycles. The van der Waals surface area contributed by atoms with Gasteiger partial charge in [0.15, 0.2) is 12.4 Å². The average molecular weight is 397 g/mol. The molecule has 11 heteroatoms. The summed E-state index contributed by atoms with van der Waals surface area (Å²) in [4.78, 5) is 3.86. The highest BCUT2D eigenvalue weighted by Crippen LogP contribution is 2.23. The van der Waals surface area contributed by atoms with Crippen LogP contribution in [0.1, 0.15) is 5.69 Å². The number of nitrogens with one attached hydrogen (secondary N) is 1. The van der Waals surface area contributed by atoms with E-state index in [9.17, 15) is 17.6 Å². The number of aliphatic imine (C=N–C) groups is 1. The maximum absolute atomic E-state index is 13.2. The average Bonchev–Trinajstić information content (AvgIpc) is 2.94. The largest absolute Gasteiger partial charge is 0.464 e. The van der Waals surface area contributed by atoms with E-state index in [1.807, 2.05) is 0 Å². The van der Waals surface area contributed by atoms with Crippen LogP contribution < -0.4 is 10.1 Å². The summed E-state index contributed by atoms with van der Waals surface area (Å²) in [5.74, 6) is -0.888. The zero-order valence-electron chi connectivity index (χ0n) is 11.5. The van der Waals surface area contributed by atoms with E-state index < -0.39 is 24.5 Å². The normalized spacial score (nSPS) is 12.3. The van der Waals surface area contributed by atoms with Gasteiger partial charge < -0.3 is 10.1 Å². The van der Waals surface area contributed by atoms with E-state index in [0.29, 0.717) is 5.69 Å². The molecule has 0 atom stereocenters. The van der Waals surface area contributed by atoms with Crippen molar-refractivity contribution in [2.75, 3.05) is 19.0 Å². The van der Waals surface area contributed by atoms with E-state index >= 15 is 0 Å². The van der Waals surface area contributed by atoms with Crippen molar-refractivity contribution in [3.63, 3.8) is 0 Å². The van der Waals surface area contributed by atoms with Gasteiger partial charge in [-0.25, -0.2) is 9.02 Å². The van der Waals surface area contributed by atoms with E-state index in [4.69, 9.17) is 0 Å². The van der Waals surface area contributed by atoms with Gasteiger partial charge in [0, 0.05) is 12.7 Å². The Morgan fingerprint density at radius 2 is 2.13 bits per heavy atom. The van der Waals surface area contributed by atoms with Gasteiger partial charge in [-0.3, -0.25) is 4.99 Å². The Morgan fingerprint density at radius 3 is 2.74 bits per heavy atom. The molecule has 124 valence electrons. The lowest BCUT2D eigenvalue weighted by molar-refractivity contribution is -0.154. The number of aromatic nitrogens is 2. The van der Waals surface area contributed by atoms with E-state index in [1.54, 1.807) is 0 Å². The third-order valence-electron chi connectivity index (χ3n) is 2.46. The summed E-state index contributed by atoms with van der Waals surface area (Å²) in [6.07, 6.45) is -4.53. The summed E-state index contributed by atoms with van der Waals surface area (Å²) < 4.78 is 58.9. The van der Waals surface area contributed by atoms with Crippen LogP contribution >= 0.6 is 15.9 Å². The van der Waals surface area contributed by atoms with Crippen LogP contribution in [0.25, 0.3) is 0 Å². The first-order chi connectivity index (χ1) is 10.8. The van der Waals surface area contributed by atoms with Crippen LogP contribution in [0.15, 0.2) is 32.3 Å². The van der Waals surface area contributed by atoms with Crippen molar-refractivity contribution in [3.05, 3.63) is 34.2 Å². The lowest BCUT2D eigenvalue weighted by atomic mass is 10.3. The highest BCUT2D eigenvalue weighted by Gasteiger charge is 2.30. The Hall–Kier alpha value is -2.17. The lowest BCUT2D eigenvalue weighted by Gasteiger charge is -2.10. The molecule has 0 fully saturated rings. The number of rotatable bonds is 4. The van der Waals surface area contributed by atoms with Crippen LogP contribution in [0.3, 0.4) is 0 Å². The van der Waals surface area contributed by atoms with Crippen molar-refractivity contribution in [3.8, 4) is 5.88 Å². The molecule has 0 saturated heterocycles. The molecule has 0 aliphatic rings. The summed E-state index contributed by atoms with van der Waals surface area (Å²) >= 11 is 3.02. The number of hydrogen-bond acceptors (Lipinski definition) is 5. The minimum atomic E-state index is -4.53. The van der Waals surface area contributed by atoms with E-state index in [1.165, 1.54) is 25.2 Å². The van der Waals surface area contributed by atoms with Gasteiger partial charge in [-0.2, -0.15) is 13.2 Å². The number of alkyl halides is 3. The van der Waals surface area contributed by atoms with E-state index in [2.05, 4.69) is 45.9 Å². The zero-order chi connectivity index (χ0) is 17.0. The van der Waals surface area contributed by atoms with Crippen LogP contribution in [0.5, 0.6) is 5.88 Å². The van der Waals surface area contributed by atoms with Crippen molar-refractivity contribution in [2.24, 2.45) is 4.99 Å². The van der Waals surface area contributed by atoms with Crippen LogP contribution in [0.2, 0.25) is 0 Å². The molecule has 23 heavy (non-hydrogen) atoms. The van der Waals surface area contributed by atoms with E-state index in [-0.39, 0.29) is 16.0 Å². The molecular formula is C12H9BrF4N4O2. The second kappa shape index (κ2) is 6.94. The van der Waals surface area contributed by atoms with Crippen LogP contribution in [0, 0.1) is 5.82 Å². The highest BCUT2D eigenvalue weighted by molar-refractivity contribution is 9.10. The summed E-state index contributed by atoms with van der Waals surface area (Å²) in [5, 5.41) is 9.50. The SMILES string of the molecule is C/N=C(\Nc1ccc(F)c(Br)c1)c1nonc1OCC(F)(F)F. The van der Waals surface area contributed by atoms with Crippen molar-refractivity contribution >= 4 is 27.5 Å². The first kappa shape index (κ1) is 17.2. The topological polar surface area (TPSA) is 72.5 Å². The van der Waals surface area contributed by atoms with Crippen LogP contribution in [-0.4, -0.2) is 36.0 Å². The number of hydrogen-bond donors (Lipinski definition) is 1. The maximum atomic E-state index is 13.2. The molecule has 0 radical (unpaired) electrons. The Morgan fingerprint density at radius 1 is 1.39 bits per heavy atom. The molecule has 1 N–H and O–H groups in total. The molecule has 1 aromatic carbocycles. The minimum Gasteiger partial charge on any atom is -0.464 e. The van der Waals surface area contributed by atoms with Gasteiger partial charge in [0.05, 0.1) is 4.47 Å². The Bertz CT molecular complexity index is 717. The van der Waals surface area contributed by atoms with Gasteiger partial charge in [0.2, 0.25) is 5.69 Å². The number of anilines is 1. The highest BCUT2D eigenvalue weighted by atomic mass is 79.9. The monoisotopic (exact) mass is 396 g/mol. The maximum Gasteiger partial charge on any atom is 0.422 e. The molecule has 6 nitrogen and oxygen atoms in total. The number of nitrogens with zero attached hydrogens (tertiary/aromatic N) is 3. The molecule has 0 amide bonds. The Labute approximate surface area is 135 Å². The fourth-order valence-electron chi connectivity index (χ4n) is 1.50. The second-order valence-corrected chi connectivity index (χ2v) is 5.00. The van der Waals surface area contributed by atoms with Gasteiger partial charge in [-0.15, -0.1) is 0 Å². The fourth-order valence-corrected chi connectivity index (χ4v) is 1.88. The molecule has 2 rings (SSSR count). The van der Waals surface area contributed by atoms with Gasteiger partial charge in [-0.1, -0.05) is 0 Å². The predicted molar refractivity (Wildman–Crippen MR) is 76.0 cm³/mol. The summed E-state index contributed by atoms with van der Waals surface area (Å²) in [7, 11) is 1.38. The van der Waals surface area contributed by atoms with Gasteiger partial charge in [-0.05, 0) is 44.4 Å². The molecule has 0 unspecified atom stereocenters. The first-order valence-corrected chi connectivity index (χ1v) is 6.81. The third kappa shape index (κ3) is 4.65.